The Labute approximate surface area is 189 Å². The Hall–Kier alpha value is -3.30. The number of rotatable bonds is 8. The molecule has 32 heavy (non-hydrogen) atoms. The number of hydrogen-bond donors (Lipinski definition) is 2. The van der Waals surface area contributed by atoms with E-state index in [0.29, 0.717) is 18.5 Å². The molecule has 4 aromatic rings. The van der Waals surface area contributed by atoms with Gasteiger partial charge in [-0.05, 0) is 55.3 Å². The predicted octanol–water partition coefficient (Wildman–Crippen LogP) is 5.20. The van der Waals surface area contributed by atoms with Gasteiger partial charge in [-0.25, -0.2) is 17.8 Å². The Morgan fingerprint density at radius 2 is 1.78 bits per heavy atom. The molecule has 0 aliphatic rings. The second kappa shape index (κ2) is 9.46. The zero-order valence-corrected chi connectivity index (χ0v) is 18.5. The first-order valence-corrected chi connectivity index (χ1v) is 12.2. The van der Waals surface area contributed by atoms with Crippen molar-refractivity contribution in [1.82, 2.24) is 4.98 Å². The summed E-state index contributed by atoms with van der Waals surface area (Å²) in [6.07, 6.45) is 1.59. The molecule has 1 heterocycles. The van der Waals surface area contributed by atoms with Gasteiger partial charge in [-0.1, -0.05) is 30.3 Å². The lowest BCUT2D eigenvalue weighted by Gasteiger charge is -2.11. The number of thiazole rings is 1. The third-order valence-corrected chi connectivity index (χ3v) is 7.14. The summed E-state index contributed by atoms with van der Waals surface area (Å²) in [4.78, 5) is 16.8. The smallest absolute Gasteiger partial charge is 0.262 e. The number of sulfonamides is 1. The molecule has 0 aliphatic heterocycles. The quantitative estimate of drug-likeness (QED) is 0.371. The van der Waals surface area contributed by atoms with Gasteiger partial charge in [0.15, 0.2) is 0 Å². The van der Waals surface area contributed by atoms with Crippen LogP contribution < -0.4 is 10.0 Å². The van der Waals surface area contributed by atoms with E-state index in [-0.39, 0.29) is 22.9 Å². The number of para-hydroxylation sites is 2. The van der Waals surface area contributed by atoms with Gasteiger partial charge in [0.25, 0.3) is 10.0 Å². The Balaban J connectivity index is 1.35. The summed E-state index contributed by atoms with van der Waals surface area (Å²) in [5.74, 6) is -0.892. The molecule has 6 nitrogen and oxygen atoms in total. The van der Waals surface area contributed by atoms with E-state index in [4.69, 9.17) is 0 Å². The van der Waals surface area contributed by atoms with Crippen LogP contribution in [0.5, 0.6) is 0 Å². The van der Waals surface area contributed by atoms with E-state index in [1.807, 2.05) is 24.3 Å². The molecule has 0 saturated heterocycles. The fraction of sp³-hybridized carbons (Fsp3) is 0.130. The van der Waals surface area contributed by atoms with Crippen LogP contribution in [0.2, 0.25) is 0 Å². The summed E-state index contributed by atoms with van der Waals surface area (Å²) in [6, 6.07) is 19.3. The van der Waals surface area contributed by atoms with Crippen LogP contribution in [0.4, 0.5) is 15.8 Å². The highest BCUT2D eigenvalue weighted by Gasteiger charge is 2.17. The number of aromatic nitrogens is 1. The highest BCUT2D eigenvalue weighted by Crippen LogP contribution is 2.23. The number of halogens is 1. The fourth-order valence-electron chi connectivity index (χ4n) is 3.14. The number of fused-ring (bicyclic) bond motifs is 1. The van der Waals surface area contributed by atoms with E-state index >= 15 is 0 Å². The highest BCUT2D eigenvalue weighted by atomic mass is 32.2. The standard InChI is InChI=1S/C23H20FN3O3S2/c24-18-9-1-2-10-19(18)27-32(29,30)17-8-5-7-16(15-17)25-22(28)13-6-14-23-26-20-11-3-4-12-21(20)31-23/h1-5,7-12,15,27H,6,13-14H2,(H,25,28). The lowest BCUT2D eigenvalue weighted by atomic mass is 10.2. The second-order valence-corrected chi connectivity index (χ2v) is 9.89. The average Bonchev–Trinajstić information content (AvgIpc) is 3.18. The normalized spacial score (nSPS) is 11.4. The maximum atomic E-state index is 13.8. The molecule has 9 heteroatoms. The molecule has 3 aromatic carbocycles. The molecule has 0 bridgehead atoms. The van der Waals surface area contributed by atoms with E-state index in [2.05, 4.69) is 15.0 Å². The largest absolute Gasteiger partial charge is 0.326 e. The lowest BCUT2D eigenvalue weighted by Crippen LogP contribution is -2.15. The number of anilines is 2. The fourth-order valence-corrected chi connectivity index (χ4v) is 5.26. The minimum absolute atomic E-state index is 0.0759. The average molecular weight is 470 g/mol. The molecular formula is C23H20FN3O3S2. The molecule has 0 saturated carbocycles. The molecular weight excluding hydrogens is 449 g/mol. The lowest BCUT2D eigenvalue weighted by molar-refractivity contribution is -0.116. The minimum atomic E-state index is -4.01. The van der Waals surface area contributed by atoms with Crippen LogP contribution in [-0.4, -0.2) is 19.3 Å². The first-order chi connectivity index (χ1) is 15.4. The van der Waals surface area contributed by atoms with Gasteiger partial charge in [0.1, 0.15) is 5.82 Å². The topological polar surface area (TPSA) is 88.2 Å². The number of nitrogens with zero attached hydrogens (tertiary/aromatic N) is 1. The van der Waals surface area contributed by atoms with Gasteiger partial charge in [-0.15, -0.1) is 11.3 Å². The molecule has 1 aromatic heterocycles. The van der Waals surface area contributed by atoms with Crippen LogP contribution in [0.25, 0.3) is 10.2 Å². The van der Waals surface area contributed by atoms with Crippen molar-refractivity contribution in [2.75, 3.05) is 10.0 Å². The van der Waals surface area contributed by atoms with Crippen molar-refractivity contribution in [2.24, 2.45) is 0 Å². The SMILES string of the molecule is O=C(CCCc1nc2ccccc2s1)Nc1cccc(S(=O)(=O)Nc2ccccc2F)c1. The Morgan fingerprint density at radius 3 is 2.59 bits per heavy atom. The molecule has 0 fully saturated rings. The van der Waals surface area contributed by atoms with E-state index < -0.39 is 15.8 Å². The molecule has 0 aliphatic carbocycles. The Bertz CT molecular complexity index is 1340. The number of carbonyl (C=O) groups excluding carboxylic acids is 1. The molecule has 1 amide bonds. The van der Waals surface area contributed by atoms with E-state index in [1.54, 1.807) is 17.4 Å². The van der Waals surface area contributed by atoms with Gasteiger partial charge in [0.05, 0.1) is 25.8 Å². The zero-order valence-electron chi connectivity index (χ0n) is 16.9. The number of benzene rings is 3. The number of aryl methyl sites for hydroxylation is 1. The summed E-state index contributed by atoms with van der Waals surface area (Å²) in [6.45, 7) is 0. The number of amides is 1. The summed E-state index contributed by atoms with van der Waals surface area (Å²) < 4.78 is 42.3. The van der Waals surface area contributed by atoms with Crippen molar-refractivity contribution in [3.63, 3.8) is 0 Å². The third-order valence-electron chi connectivity index (χ3n) is 4.68. The van der Waals surface area contributed by atoms with Crippen LogP contribution >= 0.6 is 11.3 Å². The predicted molar refractivity (Wildman–Crippen MR) is 125 cm³/mol. The number of nitrogens with one attached hydrogen (secondary N) is 2. The van der Waals surface area contributed by atoms with Crippen LogP contribution in [0.15, 0.2) is 77.7 Å². The molecule has 0 spiro atoms. The monoisotopic (exact) mass is 469 g/mol. The number of carbonyl (C=O) groups is 1. The van der Waals surface area contributed by atoms with Gasteiger partial charge in [0.2, 0.25) is 5.91 Å². The van der Waals surface area contributed by atoms with E-state index in [9.17, 15) is 17.6 Å². The maximum Gasteiger partial charge on any atom is 0.262 e. The van der Waals surface area contributed by atoms with Crippen LogP contribution in [0.1, 0.15) is 17.8 Å². The molecule has 0 radical (unpaired) electrons. The van der Waals surface area contributed by atoms with Crippen molar-refractivity contribution >= 4 is 48.9 Å². The van der Waals surface area contributed by atoms with Crippen molar-refractivity contribution in [2.45, 2.75) is 24.2 Å². The molecule has 4 rings (SSSR count). The highest BCUT2D eigenvalue weighted by molar-refractivity contribution is 7.92. The van der Waals surface area contributed by atoms with Gasteiger partial charge in [0, 0.05) is 12.1 Å². The van der Waals surface area contributed by atoms with Gasteiger partial charge >= 0.3 is 0 Å². The third kappa shape index (κ3) is 5.30. The van der Waals surface area contributed by atoms with E-state index in [0.717, 1.165) is 15.2 Å². The zero-order chi connectivity index (χ0) is 22.6. The van der Waals surface area contributed by atoms with Gasteiger partial charge in [-0.3, -0.25) is 9.52 Å². The molecule has 164 valence electrons. The van der Waals surface area contributed by atoms with Crippen LogP contribution in [0, 0.1) is 5.82 Å². The van der Waals surface area contributed by atoms with Crippen molar-refractivity contribution in [3.05, 3.63) is 83.6 Å². The summed E-state index contributed by atoms with van der Waals surface area (Å²) in [5, 5.41) is 3.70. The van der Waals surface area contributed by atoms with Crippen molar-refractivity contribution in [3.8, 4) is 0 Å². The van der Waals surface area contributed by atoms with Gasteiger partial charge in [-0.2, -0.15) is 0 Å². The molecule has 0 unspecified atom stereocenters. The number of hydrogen-bond acceptors (Lipinski definition) is 5. The molecule has 2 N–H and O–H groups in total. The Morgan fingerprint density at radius 1 is 1.00 bits per heavy atom. The molecule has 0 atom stereocenters. The van der Waals surface area contributed by atoms with Crippen molar-refractivity contribution < 1.29 is 17.6 Å². The summed E-state index contributed by atoms with van der Waals surface area (Å²) in [5.41, 5.74) is 1.17. The second-order valence-electron chi connectivity index (χ2n) is 7.09. The Kier molecular flexibility index (Phi) is 6.48. The summed E-state index contributed by atoms with van der Waals surface area (Å²) >= 11 is 1.62. The minimum Gasteiger partial charge on any atom is -0.326 e. The maximum absolute atomic E-state index is 13.8. The van der Waals surface area contributed by atoms with Crippen LogP contribution in [-0.2, 0) is 21.2 Å². The van der Waals surface area contributed by atoms with E-state index in [1.165, 1.54) is 42.5 Å². The first kappa shape index (κ1) is 21.9. The van der Waals surface area contributed by atoms with Gasteiger partial charge < -0.3 is 5.32 Å². The summed E-state index contributed by atoms with van der Waals surface area (Å²) in [7, 11) is -4.01. The first-order valence-electron chi connectivity index (χ1n) is 9.92. The van der Waals surface area contributed by atoms with Crippen molar-refractivity contribution in [1.29, 1.82) is 0 Å². The van der Waals surface area contributed by atoms with Crippen LogP contribution in [0.3, 0.4) is 0 Å².